The van der Waals surface area contributed by atoms with Crippen LogP contribution in [-0.4, -0.2) is 19.1 Å². The van der Waals surface area contributed by atoms with Gasteiger partial charge in [-0.05, 0) is 35.9 Å². The van der Waals surface area contributed by atoms with Crippen molar-refractivity contribution >= 4 is 22.6 Å². The van der Waals surface area contributed by atoms with Gasteiger partial charge in [0.25, 0.3) is 5.56 Å². The second-order valence-corrected chi connectivity index (χ2v) is 6.45. The van der Waals surface area contributed by atoms with Gasteiger partial charge in [-0.15, -0.1) is 0 Å². The van der Waals surface area contributed by atoms with Crippen LogP contribution in [0.1, 0.15) is 11.3 Å². The van der Waals surface area contributed by atoms with Gasteiger partial charge >= 0.3 is 5.69 Å². The third-order valence-electron chi connectivity index (χ3n) is 4.32. The fourth-order valence-electron chi connectivity index (χ4n) is 2.99. The molecule has 0 aliphatic heterocycles. The molecule has 27 heavy (non-hydrogen) atoms. The topological polar surface area (TPSA) is 69.8 Å². The molecular formula is C20H15ClN4O2. The highest BCUT2D eigenvalue weighted by Gasteiger charge is 2.15. The molecule has 1 aromatic carbocycles. The predicted molar refractivity (Wildman–Crippen MR) is 104 cm³/mol. The van der Waals surface area contributed by atoms with Crippen LogP contribution in [0.5, 0.6) is 0 Å². The Kier molecular flexibility index (Phi) is 4.56. The second-order valence-electron chi connectivity index (χ2n) is 6.04. The highest BCUT2D eigenvalue weighted by molar-refractivity contribution is 6.31. The van der Waals surface area contributed by atoms with Gasteiger partial charge in [0.15, 0.2) is 5.52 Å². The summed E-state index contributed by atoms with van der Waals surface area (Å²) in [6.07, 6.45) is 3.17. The van der Waals surface area contributed by atoms with Gasteiger partial charge in [-0.2, -0.15) is 0 Å². The summed E-state index contributed by atoms with van der Waals surface area (Å²) in [5.41, 5.74) is 1.26. The Morgan fingerprint density at radius 1 is 0.815 bits per heavy atom. The first-order chi connectivity index (χ1) is 13.1. The molecule has 134 valence electrons. The minimum Gasteiger partial charge on any atom is -0.287 e. The number of rotatable bonds is 4. The Morgan fingerprint density at radius 3 is 2.37 bits per heavy atom. The maximum Gasteiger partial charge on any atom is 0.332 e. The van der Waals surface area contributed by atoms with E-state index in [-0.39, 0.29) is 18.6 Å². The van der Waals surface area contributed by atoms with E-state index in [1.54, 1.807) is 42.7 Å². The van der Waals surface area contributed by atoms with Crippen molar-refractivity contribution in [3.63, 3.8) is 0 Å². The first-order valence-corrected chi connectivity index (χ1v) is 8.74. The number of hydrogen-bond acceptors (Lipinski definition) is 4. The second kappa shape index (κ2) is 7.17. The summed E-state index contributed by atoms with van der Waals surface area (Å²) in [5.74, 6) is 0. The van der Waals surface area contributed by atoms with Crippen molar-refractivity contribution in [3.8, 4) is 0 Å². The van der Waals surface area contributed by atoms with Crippen molar-refractivity contribution in [1.82, 2.24) is 19.1 Å². The maximum absolute atomic E-state index is 13.2. The lowest BCUT2D eigenvalue weighted by molar-refractivity contribution is 0.626. The van der Waals surface area contributed by atoms with E-state index >= 15 is 0 Å². The van der Waals surface area contributed by atoms with Crippen molar-refractivity contribution in [2.75, 3.05) is 0 Å². The van der Waals surface area contributed by atoms with Crippen molar-refractivity contribution in [2.45, 2.75) is 13.1 Å². The zero-order valence-corrected chi connectivity index (χ0v) is 15.0. The molecule has 0 spiro atoms. The smallest absolute Gasteiger partial charge is 0.287 e. The summed E-state index contributed by atoms with van der Waals surface area (Å²) in [7, 11) is 0. The number of benzene rings is 1. The van der Waals surface area contributed by atoms with Crippen LogP contribution in [0, 0.1) is 0 Å². The van der Waals surface area contributed by atoms with Crippen LogP contribution >= 0.6 is 11.6 Å². The third kappa shape index (κ3) is 3.27. The molecule has 0 fully saturated rings. The largest absolute Gasteiger partial charge is 0.332 e. The predicted octanol–water partition coefficient (Wildman–Crippen LogP) is 2.70. The molecule has 0 N–H and O–H groups in total. The Hall–Kier alpha value is -3.25. The number of halogens is 1. The van der Waals surface area contributed by atoms with Crippen LogP contribution in [0.2, 0.25) is 5.02 Å². The summed E-state index contributed by atoms with van der Waals surface area (Å²) in [5, 5.41) is 0.559. The molecule has 0 amide bonds. The molecule has 3 heterocycles. The van der Waals surface area contributed by atoms with Crippen LogP contribution in [0.15, 0.2) is 76.6 Å². The molecule has 0 bridgehead atoms. The Bertz CT molecular complexity index is 1230. The van der Waals surface area contributed by atoms with E-state index in [9.17, 15) is 9.59 Å². The van der Waals surface area contributed by atoms with Gasteiger partial charge in [0.05, 0.1) is 24.3 Å². The number of nitrogens with zero attached hydrogens (tertiary/aromatic N) is 4. The summed E-state index contributed by atoms with van der Waals surface area (Å²) < 4.78 is 2.68. The van der Waals surface area contributed by atoms with E-state index in [4.69, 9.17) is 11.6 Å². The minimum absolute atomic E-state index is 0.0769. The maximum atomic E-state index is 13.2. The number of hydrogen-bond donors (Lipinski definition) is 0. The van der Waals surface area contributed by atoms with Crippen molar-refractivity contribution in [2.24, 2.45) is 0 Å². The molecular weight excluding hydrogens is 364 g/mol. The van der Waals surface area contributed by atoms with Gasteiger partial charge in [-0.25, -0.2) is 9.78 Å². The molecule has 4 aromatic rings. The van der Waals surface area contributed by atoms with Crippen molar-refractivity contribution in [3.05, 3.63) is 104 Å². The molecule has 0 saturated heterocycles. The van der Waals surface area contributed by atoms with Gasteiger partial charge < -0.3 is 0 Å². The van der Waals surface area contributed by atoms with E-state index in [0.29, 0.717) is 16.2 Å². The van der Waals surface area contributed by atoms with E-state index in [0.717, 1.165) is 10.1 Å². The lowest BCUT2D eigenvalue weighted by Crippen LogP contribution is -2.41. The van der Waals surface area contributed by atoms with Crippen molar-refractivity contribution in [1.29, 1.82) is 0 Å². The summed E-state index contributed by atoms with van der Waals surface area (Å²) in [4.78, 5) is 34.4. The molecule has 4 rings (SSSR count). The third-order valence-corrected chi connectivity index (χ3v) is 4.69. The summed E-state index contributed by atoms with van der Waals surface area (Å²) in [6, 6.07) is 16.1. The monoisotopic (exact) mass is 378 g/mol. The molecule has 0 saturated carbocycles. The Labute approximate surface area is 159 Å². The molecule has 7 heteroatoms. The van der Waals surface area contributed by atoms with Gasteiger partial charge in [0.2, 0.25) is 0 Å². The molecule has 0 unspecified atom stereocenters. The van der Waals surface area contributed by atoms with E-state index in [2.05, 4.69) is 9.97 Å². The number of pyridine rings is 2. The first kappa shape index (κ1) is 17.2. The standard InChI is InChI=1S/C20H15ClN4O2/c21-16-8-2-1-6-14(16)12-24-17-9-5-11-23-18(17)19(26)25(20(24)27)13-15-7-3-4-10-22-15/h1-11H,12-13H2. The SMILES string of the molecule is O=c1c2ncccc2n(Cc2ccccc2Cl)c(=O)n1Cc1ccccn1. The summed E-state index contributed by atoms with van der Waals surface area (Å²) in [6.45, 7) is 0.316. The normalized spacial score (nSPS) is 11.0. The minimum atomic E-state index is -0.434. The molecule has 0 aliphatic rings. The van der Waals surface area contributed by atoms with Gasteiger partial charge in [-0.1, -0.05) is 35.9 Å². The molecule has 0 radical (unpaired) electrons. The highest BCUT2D eigenvalue weighted by atomic mass is 35.5. The highest BCUT2D eigenvalue weighted by Crippen LogP contribution is 2.17. The van der Waals surface area contributed by atoms with Crippen molar-refractivity contribution < 1.29 is 0 Å². The van der Waals surface area contributed by atoms with Gasteiger partial charge in [0, 0.05) is 17.4 Å². The molecule has 6 nitrogen and oxygen atoms in total. The fourth-order valence-corrected chi connectivity index (χ4v) is 3.18. The van der Waals surface area contributed by atoms with E-state index < -0.39 is 11.2 Å². The van der Waals surface area contributed by atoms with E-state index in [1.165, 1.54) is 4.57 Å². The molecule has 0 atom stereocenters. The zero-order valence-electron chi connectivity index (χ0n) is 14.2. The molecule has 0 aliphatic carbocycles. The Balaban J connectivity index is 1.93. The number of fused-ring (bicyclic) bond motifs is 1. The quantitative estimate of drug-likeness (QED) is 0.547. The van der Waals surface area contributed by atoms with Gasteiger partial charge in [0.1, 0.15) is 0 Å². The summed E-state index contributed by atoms with van der Waals surface area (Å²) >= 11 is 6.27. The van der Waals surface area contributed by atoms with Crippen LogP contribution in [0.4, 0.5) is 0 Å². The first-order valence-electron chi connectivity index (χ1n) is 8.37. The Morgan fingerprint density at radius 2 is 1.59 bits per heavy atom. The lowest BCUT2D eigenvalue weighted by Gasteiger charge is -2.14. The zero-order chi connectivity index (χ0) is 18.8. The molecule has 3 aromatic heterocycles. The van der Waals surface area contributed by atoms with E-state index in [1.807, 2.05) is 24.3 Å². The fraction of sp³-hybridized carbons (Fsp3) is 0.100. The van der Waals surface area contributed by atoms with Crippen LogP contribution in [0.3, 0.4) is 0 Å². The number of aromatic nitrogens is 4. The van der Waals surface area contributed by atoms with Gasteiger partial charge in [-0.3, -0.25) is 18.9 Å². The van der Waals surface area contributed by atoms with Crippen LogP contribution < -0.4 is 11.2 Å². The average Bonchev–Trinajstić information content (AvgIpc) is 2.70. The van der Waals surface area contributed by atoms with Crippen LogP contribution in [0.25, 0.3) is 11.0 Å². The van der Waals surface area contributed by atoms with Crippen LogP contribution in [-0.2, 0) is 13.1 Å². The lowest BCUT2D eigenvalue weighted by atomic mass is 10.2. The average molecular weight is 379 g/mol.